The lowest BCUT2D eigenvalue weighted by atomic mass is 9.97. The van der Waals surface area contributed by atoms with Gasteiger partial charge in [0.15, 0.2) is 17.5 Å². The van der Waals surface area contributed by atoms with E-state index in [9.17, 15) is 13.2 Å². The fourth-order valence-electron chi connectivity index (χ4n) is 2.35. The van der Waals surface area contributed by atoms with Crippen LogP contribution in [-0.4, -0.2) is 0 Å². The maximum atomic E-state index is 13.3. The van der Waals surface area contributed by atoms with Crippen molar-refractivity contribution in [1.82, 2.24) is 0 Å². The molecule has 0 aromatic heterocycles. The van der Waals surface area contributed by atoms with Gasteiger partial charge in [0.25, 0.3) is 0 Å². The lowest BCUT2D eigenvalue weighted by Gasteiger charge is -2.14. The molecule has 1 nitrogen and oxygen atoms in total. The van der Waals surface area contributed by atoms with Crippen LogP contribution in [0.1, 0.15) is 17.2 Å². The van der Waals surface area contributed by atoms with Crippen molar-refractivity contribution in [3.8, 4) is 0 Å². The van der Waals surface area contributed by atoms with Crippen LogP contribution in [0.3, 0.4) is 0 Å². The first-order valence-electron chi connectivity index (χ1n) is 6.45. The van der Waals surface area contributed by atoms with Gasteiger partial charge in [0.05, 0.1) is 6.04 Å². The van der Waals surface area contributed by atoms with Crippen molar-refractivity contribution in [1.29, 1.82) is 0 Å². The van der Waals surface area contributed by atoms with E-state index in [2.05, 4.69) is 0 Å². The smallest absolute Gasteiger partial charge is 0.194 e. The minimum atomic E-state index is -1.48. The summed E-state index contributed by atoms with van der Waals surface area (Å²) in [4.78, 5) is 0. The number of hydrogen-bond acceptors (Lipinski definition) is 1. The van der Waals surface area contributed by atoms with E-state index < -0.39 is 23.5 Å². The van der Waals surface area contributed by atoms with Gasteiger partial charge in [0.2, 0.25) is 0 Å². The van der Waals surface area contributed by atoms with Crippen LogP contribution in [0.2, 0.25) is 0 Å². The molecule has 4 heteroatoms. The maximum Gasteiger partial charge on any atom is 0.194 e. The molecule has 0 heterocycles. The van der Waals surface area contributed by atoms with Crippen LogP contribution in [0.25, 0.3) is 10.8 Å². The van der Waals surface area contributed by atoms with Crippen molar-refractivity contribution in [2.75, 3.05) is 0 Å². The Kier molecular flexibility index (Phi) is 3.39. The Hall–Kier alpha value is -2.33. The molecule has 0 spiro atoms. The Labute approximate surface area is 119 Å². The fraction of sp³-hybridized carbons (Fsp3) is 0.0588. The summed E-state index contributed by atoms with van der Waals surface area (Å²) in [5.41, 5.74) is 6.94. The first-order chi connectivity index (χ1) is 10.1. The summed E-state index contributed by atoms with van der Waals surface area (Å²) < 4.78 is 39.6. The van der Waals surface area contributed by atoms with E-state index in [0.717, 1.165) is 22.9 Å². The van der Waals surface area contributed by atoms with Crippen LogP contribution in [0.5, 0.6) is 0 Å². The van der Waals surface area contributed by atoms with E-state index in [4.69, 9.17) is 5.73 Å². The second-order valence-corrected chi connectivity index (χ2v) is 4.88. The van der Waals surface area contributed by atoms with Gasteiger partial charge in [-0.25, -0.2) is 13.2 Å². The number of benzene rings is 3. The zero-order valence-electron chi connectivity index (χ0n) is 11.0. The second-order valence-electron chi connectivity index (χ2n) is 4.88. The molecular weight excluding hydrogens is 275 g/mol. The maximum absolute atomic E-state index is 13.3. The first-order valence-corrected chi connectivity index (χ1v) is 6.45. The normalized spacial score (nSPS) is 12.6. The largest absolute Gasteiger partial charge is 0.320 e. The third-order valence-corrected chi connectivity index (χ3v) is 3.50. The van der Waals surface area contributed by atoms with Crippen LogP contribution in [0.15, 0.2) is 54.6 Å². The Morgan fingerprint density at radius 1 is 0.714 bits per heavy atom. The molecule has 1 unspecified atom stereocenters. The van der Waals surface area contributed by atoms with Crippen LogP contribution in [-0.2, 0) is 0 Å². The van der Waals surface area contributed by atoms with E-state index in [0.29, 0.717) is 5.56 Å². The predicted molar refractivity (Wildman–Crippen MR) is 76.3 cm³/mol. The highest BCUT2D eigenvalue weighted by Crippen LogP contribution is 2.26. The molecule has 0 saturated heterocycles. The SMILES string of the molecule is NC(c1cc(F)c(F)c(F)c1)c1ccc2ccccc2c1. The number of rotatable bonds is 2. The lowest BCUT2D eigenvalue weighted by Crippen LogP contribution is -2.13. The average molecular weight is 287 g/mol. The van der Waals surface area contributed by atoms with Crippen molar-refractivity contribution in [2.45, 2.75) is 6.04 Å². The van der Waals surface area contributed by atoms with Gasteiger partial charge in [-0.2, -0.15) is 0 Å². The third kappa shape index (κ3) is 2.50. The highest BCUT2D eigenvalue weighted by molar-refractivity contribution is 5.83. The number of halogens is 3. The summed E-state index contributed by atoms with van der Waals surface area (Å²) >= 11 is 0. The van der Waals surface area contributed by atoms with E-state index in [1.807, 2.05) is 36.4 Å². The van der Waals surface area contributed by atoms with Crippen molar-refractivity contribution in [3.05, 3.63) is 83.2 Å². The van der Waals surface area contributed by atoms with Crippen molar-refractivity contribution in [3.63, 3.8) is 0 Å². The number of nitrogens with two attached hydrogens (primary N) is 1. The molecule has 0 aliphatic heterocycles. The molecule has 1 atom stereocenters. The minimum Gasteiger partial charge on any atom is -0.320 e. The first kappa shape index (κ1) is 13.6. The minimum absolute atomic E-state index is 0.196. The van der Waals surface area contributed by atoms with Crippen molar-refractivity contribution < 1.29 is 13.2 Å². The van der Waals surface area contributed by atoms with Gasteiger partial charge in [-0.3, -0.25) is 0 Å². The molecule has 0 saturated carbocycles. The lowest BCUT2D eigenvalue weighted by molar-refractivity contribution is 0.444. The Morgan fingerprint density at radius 3 is 2.00 bits per heavy atom. The van der Waals surface area contributed by atoms with Crippen molar-refractivity contribution in [2.24, 2.45) is 5.73 Å². The fourth-order valence-corrected chi connectivity index (χ4v) is 2.35. The Morgan fingerprint density at radius 2 is 1.33 bits per heavy atom. The molecule has 0 fully saturated rings. The van der Waals surface area contributed by atoms with Crippen LogP contribution in [0, 0.1) is 17.5 Å². The number of hydrogen-bond donors (Lipinski definition) is 1. The van der Waals surface area contributed by atoms with Gasteiger partial charge in [-0.1, -0.05) is 36.4 Å². The molecule has 3 aromatic rings. The summed E-state index contributed by atoms with van der Waals surface area (Å²) in [6.45, 7) is 0. The summed E-state index contributed by atoms with van der Waals surface area (Å²) in [6.07, 6.45) is 0. The molecule has 3 rings (SSSR count). The molecule has 0 radical (unpaired) electrons. The average Bonchev–Trinajstić information content (AvgIpc) is 2.51. The van der Waals surface area contributed by atoms with Gasteiger partial charge in [-0.05, 0) is 40.1 Å². The molecule has 3 aromatic carbocycles. The van der Waals surface area contributed by atoms with Gasteiger partial charge >= 0.3 is 0 Å². The molecule has 0 bridgehead atoms. The monoisotopic (exact) mass is 287 g/mol. The standard InChI is InChI=1S/C17H12F3N/c18-14-8-13(9-15(19)16(14)20)17(21)12-6-5-10-3-1-2-4-11(10)7-12/h1-9,17H,21H2. The zero-order valence-corrected chi connectivity index (χ0v) is 11.0. The quantitative estimate of drug-likeness (QED) is 0.698. The molecule has 0 aliphatic carbocycles. The van der Waals surface area contributed by atoms with E-state index >= 15 is 0 Å². The van der Waals surface area contributed by atoms with Crippen LogP contribution < -0.4 is 5.73 Å². The summed E-state index contributed by atoms with van der Waals surface area (Å²) in [7, 11) is 0. The van der Waals surface area contributed by atoms with E-state index in [1.54, 1.807) is 6.07 Å². The topological polar surface area (TPSA) is 26.0 Å². The second kappa shape index (κ2) is 5.22. The van der Waals surface area contributed by atoms with Gasteiger partial charge in [-0.15, -0.1) is 0 Å². The Balaban J connectivity index is 2.05. The molecule has 106 valence electrons. The highest BCUT2D eigenvalue weighted by Gasteiger charge is 2.16. The van der Waals surface area contributed by atoms with Crippen LogP contribution >= 0.6 is 0 Å². The zero-order chi connectivity index (χ0) is 15.0. The number of fused-ring (bicyclic) bond motifs is 1. The third-order valence-electron chi connectivity index (χ3n) is 3.50. The molecule has 2 N–H and O–H groups in total. The summed E-state index contributed by atoms with van der Waals surface area (Å²) in [5.74, 6) is -3.95. The van der Waals surface area contributed by atoms with E-state index in [-0.39, 0.29) is 5.56 Å². The molecule has 0 amide bonds. The summed E-state index contributed by atoms with van der Waals surface area (Å²) in [6, 6.07) is 14.4. The summed E-state index contributed by atoms with van der Waals surface area (Å²) in [5, 5.41) is 2.03. The molecule has 0 aliphatic rings. The predicted octanol–water partition coefficient (Wildman–Crippen LogP) is 4.31. The van der Waals surface area contributed by atoms with Crippen LogP contribution in [0.4, 0.5) is 13.2 Å². The van der Waals surface area contributed by atoms with Gasteiger partial charge in [0.1, 0.15) is 0 Å². The van der Waals surface area contributed by atoms with E-state index in [1.165, 1.54) is 0 Å². The van der Waals surface area contributed by atoms with Gasteiger partial charge < -0.3 is 5.73 Å². The molecular formula is C17H12F3N. The van der Waals surface area contributed by atoms with Crippen molar-refractivity contribution >= 4 is 10.8 Å². The highest BCUT2D eigenvalue weighted by atomic mass is 19.2. The molecule has 21 heavy (non-hydrogen) atoms. The van der Waals surface area contributed by atoms with Gasteiger partial charge in [0, 0.05) is 0 Å². The Bertz CT molecular complexity index is 791.